The second-order valence-electron chi connectivity index (χ2n) is 3.67. The van der Waals surface area contributed by atoms with Gasteiger partial charge in [0.1, 0.15) is 11.4 Å². The number of aryl methyl sites for hydroxylation is 1. The second-order valence-corrected chi connectivity index (χ2v) is 6.08. The third kappa shape index (κ3) is 2.51. The zero-order chi connectivity index (χ0) is 12.4. The maximum absolute atomic E-state index is 6.22. The molecule has 5 heteroatoms. The molecule has 2 N–H and O–H groups in total. The molecule has 0 aromatic carbocycles. The van der Waals surface area contributed by atoms with Crippen LogP contribution in [0.4, 0.5) is 0 Å². The number of nitrogens with two attached hydrogens (primary N) is 1. The van der Waals surface area contributed by atoms with Gasteiger partial charge in [0.25, 0.3) is 0 Å². The first kappa shape index (κ1) is 12.5. The Hall–Kier alpha value is -0.910. The van der Waals surface area contributed by atoms with E-state index < -0.39 is 0 Å². The van der Waals surface area contributed by atoms with Crippen LogP contribution in [-0.2, 0) is 0 Å². The van der Waals surface area contributed by atoms with Gasteiger partial charge in [-0.2, -0.15) is 0 Å². The van der Waals surface area contributed by atoms with Crippen LogP contribution in [0.25, 0.3) is 0 Å². The second kappa shape index (κ2) is 5.16. The predicted octanol–water partition coefficient (Wildman–Crippen LogP) is 3.27. The molecule has 0 saturated carbocycles. The van der Waals surface area contributed by atoms with Crippen molar-refractivity contribution in [3.8, 4) is 5.75 Å². The van der Waals surface area contributed by atoms with Crippen molar-refractivity contribution in [3.63, 3.8) is 0 Å². The number of hydrogen-bond acceptors (Lipinski definition) is 4. The van der Waals surface area contributed by atoms with Crippen LogP contribution in [-0.4, -0.2) is 12.1 Å². The average molecular weight is 313 g/mol. The van der Waals surface area contributed by atoms with E-state index in [-0.39, 0.29) is 6.04 Å². The van der Waals surface area contributed by atoms with Crippen molar-refractivity contribution < 1.29 is 4.74 Å². The number of rotatable bonds is 3. The zero-order valence-corrected chi connectivity index (χ0v) is 12.0. The van der Waals surface area contributed by atoms with Gasteiger partial charge < -0.3 is 10.5 Å². The average Bonchev–Trinajstić information content (AvgIpc) is 2.68. The van der Waals surface area contributed by atoms with Crippen LogP contribution in [0.3, 0.4) is 0 Å². The quantitative estimate of drug-likeness (QED) is 0.946. The highest BCUT2D eigenvalue weighted by atomic mass is 79.9. The highest BCUT2D eigenvalue weighted by Gasteiger charge is 2.18. The first-order valence-corrected chi connectivity index (χ1v) is 6.74. The van der Waals surface area contributed by atoms with E-state index in [0.29, 0.717) is 0 Å². The minimum absolute atomic E-state index is 0.249. The Bertz CT molecular complexity index is 507. The van der Waals surface area contributed by atoms with Crippen molar-refractivity contribution in [3.05, 3.63) is 44.3 Å². The van der Waals surface area contributed by atoms with Crippen LogP contribution < -0.4 is 10.5 Å². The molecule has 3 nitrogen and oxygen atoms in total. The van der Waals surface area contributed by atoms with E-state index in [2.05, 4.69) is 27.0 Å². The number of thiophene rings is 1. The molecule has 0 aliphatic carbocycles. The van der Waals surface area contributed by atoms with Crippen molar-refractivity contribution in [1.29, 1.82) is 0 Å². The third-order valence-corrected chi connectivity index (χ3v) is 4.72. The highest BCUT2D eigenvalue weighted by Crippen LogP contribution is 2.34. The van der Waals surface area contributed by atoms with E-state index in [9.17, 15) is 0 Å². The first-order valence-electron chi connectivity index (χ1n) is 5.13. The topological polar surface area (TPSA) is 48.1 Å². The molecule has 0 saturated heterocycles. The Morgan fingerprint density at radius 1 is 1.53 bits per heavy atom. The molecule has 0 spiro atoms. The maximum Gasteiger partial charge on any atom is 0.142 e. The molecule has 0 aliphatic heterocycles. The lowest BCUT2D eigenvalue weighted by molar-refractivity contribution is 0.405. The number of hydrogen-bond donors (Lipinski definition) is 1. The SMILES string of the molecule is COc1cccnc1C(N)c1cc(C)c(Br)s1. The first-order chi connectivity index (χ1) is 8.13. The van der Waals surface area contributed by atoms with Crippen LogP contribution in [0.15, 0.2) is 28.2 Å². The summed E-state index contributed by atoms with van der Waals surface area (Å²) in [6, 6.07) is 5.54. The highest BCUT2D eigenvalue weighted by molar-refractivity contribution is 9.11. The van der Waals surface area contributed by atoms with Crippen LogP contribution in [0.2, 0.25) is 0 Å². The van der Waals surface area contributed by atoms with Crippen LogP contribution >= 0.6 is 27.3 Å². The fraction of sp³-hybridized carbons (Fsp3) is 0.250. The molecule has 90 valence electrons. The van der Waals surface area contributed by atoms with Gasteiger partial charge in [-0.25, -0.2) is 0 Å². The fourth-order valence-electron chi connectivity index (χ4n) is 1.58. The van der Waals surface area contributed by atoms with Gasteiger partial charge in [-0.15, -0.1) is 11.3 Å². The number of methoxy groups -OCH3 is 1. The van der Waals surface area contributed by atoms with Crippen molar-refractivity contribution in [2.24, 2.45) is 5.73 Å². The lowest BCUT2D eigenvalue weighted by atomic mass is 10.1. The largest absolute Gasteiger partial charge is 0.495 e. The van der Waals surface area contributed by atoms with Gasteiger partial charge in [0.2, 0.25) is 0 Å². The van der Waals surface area contributed by atoms with Gasteiger partial charge in [-0.3, -0.25) is 4.98 Å². The standard InChI is InChI=1S/C12H13BrN2OS/c1-7-6-9(17-12(7)13)10(14)11-8(16-2)4-3-5-15-11/h3-6,10H,14H2,1-2H3. The van der Waals surface area contributed by atoms with Gasteiger partial charge >= 0.3 is 0 Å². The Morgan fingerprint density at radius 3 is 2.88 bits per heavy atom. The minimum Gasteiger partial charge on any atom is -0.495 e. The lowest BCUT2D eigenvalue weighted by Gasteiger charge is -2.12. The van der Waals surface area contributed by atoms with Gasteiger partial charge in [0.15, 0.2) is 0 Å². The van der Waals surface area contributed by atoms with Gasteiger partial charge in [0, 0.05) is 11.1 Å². The Morgan fingerprint density at radius 2 is 2.29 bits per heavy atom. The molecule has 2 aromatic heterocycles. The van der Waals surface area contributed by atoms with Crippen molar-refractivity contribution in [2.45, 2.75) is 13.0 Å². The molecule has 1 atom stereocenters. The van der Waals surface area contributed by atoms with E-state index in [1.165, 1.54) is 5.56 Å². The minimum atomic E-state index is -0.249. The molecular formula is C12H13BrN2OS. The van der Waals surface area contributed by atoms with Gasteiger partial charge in [-0.05, 0) is 46.6 Å². The van der Waals surface area contributed by atoms with E-state index >= 15 is 0 Å². The molecule has 0 bridgehead atoms. The Kier molecular flexibility index (Phi) is 3.81. The van der Waals surface area contributed by atoms with E-state index in [4.69, 9.17) is 10.5 Å². The van der Waals surface area contributed by atoms with Crippen LogP contribution in [0, 0.1) is 6.92 Å². The molecule has 0 amide bonds. The number of ether oxygens (including phenoxy) is 1. The number of pyridine rings is 1. The summed E-state index contributed by atoms with van der Waals surface area (Å²) in [6.45, 7) is 2.05. The summed E-state index contributed by atoms with van der Waals surface area (Å²) in [5.74, 6) is 0.724. The van der Waals surface area contributed by atoms with E-state index in [0.717, 1.165) is 20.1 Å². The zero-order valence-electron chi connectivity index (χ0n) is 9.61. The monoisotopic (exact) mass is 312 g/mol. The van der Waals surface area contributed by atoms with Gasteiger partial charge in [0.05, 0.1) is 16.9 Å². The van der Waals surface area contributed by atoms with Gasteiger partial charge in [-0.1, -0.05) is 0 Å². The molecule has 0 aliphatic rings. The number of nitrogens with zero attached hydrogens (tertiary/aromatic N) is 1. The molecule has 1 unspecified atom stereocenters. The maximum atomic E-state index is 6.22. The molecular weight excluding hydrogens is 300 g/mol. The summed E-state index contributed by atoms with van der Waals surface area (Å²) in [4.78, 5) is 5.38. The summed E-state index contributed by atoms with van der Waals surface area (Å²) in [7, 11) is 1.63. The molecule has 2 rings (SSSR count). The Balaban J connectivity index is 2.39. The lowest BCUT2D eigenvalue weighted by Crippen LogP contribution is -2.13. The van der Waals surface area contributed by atoms with Crippen molar-refractivity contribution in [2.75, 3.05) is 7.11 Å². The predicted molar refractivity (Wildman–Crippen MR) is 73.6 cm³/mol. The number of halogens is 1. The van der Waals surface area contributed by atoms with E-state index in [1.54, 1.807) is 24.6 Å². The van der Waals surface area contributed by atoms with Crippen molar-refractivity contribution >= 4 is 27.3 Å². The summed E-state index contributed by atoms with van der Waals surface area (Å²) >= 11 is 5.14. The molecule has 17 heavy (non-hydrogen) atoms. The van der Waals surface area contributed by atoms with Crippen LogP contribution in [0.5, 0.6) is 5.75 Å². The summed E-state index contributed by atoms with van der Waals surface area (Å²) < 4.78 is 6.38. The third-order valence-electron chi connectivity index (χ3n) is 2.50. The summed E-state index contributed by atoms with van der Waals surface area (Å²) in [5.41, 5.74) is 8.18. The fourth-order valence-corrected chi connectivity index (χ4v) is 3.16. The molecule has 0 fully saturated rings. The summed E-state index contributed by atoms with van der Waals surface area (Å²) in [6.07, 6.45) is 1.73. The summed E-state index contributed by atoms with van der Waals surface area (Å²) in [5, 5.41) is 0. The number of aromatic nitrogens is 1. The smallest absolute Gasteiger partial charge is 0.142 e. The molecule has 0 radical (unpaired) electrons. The van der Waals surface area contributed by atoms with E-state index in [1.807, 2.05) is 19.1 Å². The Labute approximate surface area is 113 Å². The normalized spacial score (nSPS) is 12.5. The van der Waals surface area contributed by atoms with Crippen molar-refractivity contribution in [1.82, 2.24) is 4.98 Å². The molecule has 2 heterocycles. The van der Waals surface area contributed by atoms with Crippen LogP contribution in [0.1, 0.15) is 22.2 Å². The molecule has 2 aromatic rings.